The fraction of sp³-hybridized carbons (Fsp3) is 0.714. The van der Waals surface area contributed by atoms with E-state index < -0.39 is 0 Å². The molecule has 1 heterocycles. The summed E-state index contributed by atoms with van der Waals surface area (Å²) in [6, 6.07) is 1.73. The molecule has 3 N–H and O–H groups in total. The minimum absolute atomic E-state index is 0.136. The summed E-state index contributed by atoms with van der Waals surface area (Å²) in [4.78, 5) is 8.79. The quantitative estimate of drug-likeness (QED) is 0.470. The van der Waals surface area contributed by atoms with Crippen molar-refractivity contribution in [2.45, 2.75) is 52.9 Å². The van der Waals surface area contributed by atoms with Crippen molar-refractivity contribution in [2.75, 3.05) is 12.0 Å². The maximum atomic E-state index is 5.69. The summed E-state index contributed by atoms with van der Waals surface area (Å²) < 4.78 is 5.69. The Hall–Kier alpha value is -1.36. The summed E-state index contributed by atoms with van der Waals surface area (Å²) in [6.45, 7) is 11.3. The molecule has 19 heavy (non-hydrogen) atoms. The van der Waals surface area contributed by atoms with Crippen molar-refractivity contribution in [1.29, 1.82) is 0 Å². The first-order valence-corrected chi connectivity index (χ1v) is 6.82. The molecule has 0 fully saturated rings. The van der Waals surface area contributed by atoms with Crippen LogP contribution in [0.4, 0.5) is 5.82 Å². The van der Waals surface area contributed by atoms with Crippen molar-refractivity contribution >= 4 is 5.82 Å². The smallest absolute Gasteiger partial charge is 0.218 e. The van der Waals surface area contributed by atoms with E-state index in [1.807, 2.05) is 0 Å². The molecule has 1 aromatic heterocycles. The number of rotatable bonds is 6. The lowest BCUT2D eigenvalue weighted by molar-refractivity contribution is 0.284. The Balaban J connectivity index is 2.72. The molecule has 0 saturated heterocycles. The molecule has 1 rings (SSSR count). The predicted octanol–water partition coefficient (Wildman–Crippen LogP) is 2.87. The van der Waals surface area contributed by atoms with Gasteiger partial charge >= 0.3 is 0 Å². The molecule has 0 aliphatic heterocycles. The second-order valence-corrected chi connectivity index (χ2v) is 6.19. The first kappa shape index (κ1) is 15.7. The van der Waals surface area contributed by atoms with Gasteiger partial charge in [0, 0.05) is 11.5 Å². The van der Waals surface area contributed by atoms with Crippen LogP contribution in [0.2, 0.25) is 0 Å². The van der Waals surface area contributed by atoms with Gasteiger partial charge in [0.15, 0.2) is 0 Å². The Kier molecular flexibility index (Phi) is 5.54. The number of nitrogens with zero attached hydrogens (tertiary/aromatic N) is 2. The molecule has 0 atom stereocenters. The highest BCUT2D eigenvalue weighted by Crippen LogP contribution is 2.23. The van der Waals surface area contributed by atoms with Crippen LogP contribution in [0.3, 0.4) is 0 Å². The number of anilines is 1. The number of hydrogen-bond acceptors (Lipinski definition) is 5. The van der Waals surface area contributed by atoms with Crippen molar-refractivity contribution in [3.63, 3.8) is 0 Å². The maximum absolute atomic E-state index is 5.69. The summed E-state index contributed by atoms with van der Waals surface area (Å²) >= 11 is 0. The van der Waals surface area contributed by atoms with Gasteiger partial charge in [-0.05, 0) is 18.8 Å². The van der Waals surface area contributed by atoms with Gasteiger partial charge in [-0.2, -0.15) is 4.98 Å². The third kappa shape index (κ3) is 5.42. The van der Waals surface area contributed by atoms with Gasteiger partial charge in [0.25, 0.3) is 0 Å². The standard InChI is InChI=1S/C14H26N4O/c1-10(2)7-6-8-19-12-9-11(18-15)16-13(17-12)14(3,4)5/h9-10H,6-8,15H2,1-5H3,(H,16,17,18). The molecule has 0 amide bonds. The van der Waals surface area contributed by atoms with Crippen molar-refractivity contribution < 1.29 is 4.74 Å². The molecule has 1 aromatic rings. The number of ether oxygens (including phenoxy) is 1. The summed E-state index contributed by atoms with van der Waals surface area (Å²) in [5.41, 5.74) is 2.42. The van der Waals surface area contributed by atoms with Crippen molar-refractivity contribution in [1.82, 2.24) is 9.97 Å². The fourth-order valence-corrected chi connectivity index (χ4v) is 1.58. The summed E-state index contributed by atoms with van der Waals surface area (Å²) in [5.74, 6) is 8.01. The second-order valence-electron chi connectivity index (χ2n) is 6.19. The van der Waals surface area contributed by atoms with Crippen LogP contribution < -0.4 is 16.0 Å². The van der Waals surface area contributed by atoms with Gasteiger partial charge in [0.1, 0.15) is 11.6 Å². The molecule has 0 bridgehead atoms. The van der Waals surface area contributed by atoms with Crippen molar-refractivity contribution in [3.05, 3.63) is 11.9 Å². The van der Waals surface area contributed by atoms with E-state index in [0.717, 1.165) is 18.7 Å². The second kappa shape index (κ2) is 6.70. The average Bonchev–Trinajstić information content (AvgIpc) is 2.33. The van der Waals surface area contributed by atoms with Crippen LogP contribution in [0, 0.1) is 5.92 Å². The normalized spacial score (nSPS) is 11.7. The van der Waals surface area contributed by atoms with Crippen molar-refractivity contribution in [3.8, 4) is 5.88 Å². The number of hydrazine groups is 1. The first-order valence-electron chi connectivity index (χ1n) is 6.82. The number of hydrogen-bond donors (Lipinski definition) is 2. The number of aromatic nitrogens is 2. The van der Waals surface area contributed by atoms with Crippen LogP contribution >= 0.6 is 0 Å². The highest BCUT2D eigenvalue weighted by atomic mass is 16.5. The lowest BCUT2D eigenvalue weighted by Gasteiger charge is -2.18. The molecule has 0 aliphatic carbocycles. The third-order valence-electron chi connectivity index (χ3n) is 2.70. The minimum atomic E-state index is -0.136. The monoisotopic (exact) mass is 266 g/mol. The van der Waals surface area contributed by atoms with Gasteiger partial charge in [-0.3, -0.25) is 0 Å². The van der Waals surface area contributed by atoms with Crippen LogP contribution in [0.1, 0.15) is 53.3 Å². The minimum Gasteiger partial charge on any atom is -0.478 e. The van der Waals surface area contributed by atoms with E-state index in [1.54, 1.807) is 6.07 Å². The van der Waals surface area contributed by atoms with Crippen LogP contribution in [0.5, 0.6) is 5.88 Å². The Labute approximate surface area is 115 Å². The van der Waals surface area contributed by atoms with E-state index in [0.29, 0.717) is 24.2 Å². The van der Waals surface area contributed by atoms with Gasteiger partial charge < -0.3 is 10.2 Å². The van der Waals surface area contributed by atoms with E-state index in [2.05, 4.69) is 50.0 Å². The van der Waals surface area contributed by atoms with Gasteiger partial charge in [-0.25, -0.2) is 10.8 Å². The van der Waals surface area contributed by atoms with Gasteiger partial charge in [-0.1, -0.05) is 34.6 Å². The lowest BCUT2D eigenvalue weighted by atomic mass is 9.96. The molecule has 108 valence electrons. The summed E-state index contributed by atoms with van der Waals surface area (Å²) in [7, 11) is 0. The topological polar surface area (TPSA) is 73.1 Å². The Morgan fingerprint density at radius 3 is 2.53 bits per heavy atom. The highest BCUT2D eigenvalue weighted by Gasteiger charge is 2.19. The van der Waals surface area contributed by atoms with Crippen LogP contribution in [0.25, 0.3) is 0 Å². The Bertz CT molecular complexity index is 399. The highest BCUT2D eigenvalue weighted by molar-refractivity contribution is 5.37. The SMILES string of the molecule is CC(C)CCCOc1cc(NN)nc(C(C)(C)C)n1. The van der Waals surface area contributed by atoms with E-state index in [4.69, 9.17) is 10.6 Å². The molecular formula is C14H26N4O. The molecule has 0 unspecified atom stereocenters. The van der Waals surface area contributed by atoms with Crippen LogP contribution in [-0.2, 0) is 5.41 Å². The van der Waals surface area contributed by atoms with E-state index in [-0.39, 0.29) is 5.41 Å². The van der Waals surface area contributed by atoms with Gasteiger partial charge in [0.05, 0.1) is 6.61 Å². The molecule has 0 spiro atoms. The largest absolute Gasteiger partial charge is 0.478 e. The summed E-state index contributed by atoms with van der Waals surface area (Å²) in [6.07, 6.45) is 2.18. The average molecular weight is 266 g/mol. The molecule has 0 aliphatic rings. The zero-order valence-electron chi connectivity index (χ0n) is 12.7. The van der Waals surface area contributed by atoms with Crippen LogP contribution in [0.15, 0.2) is 6.07 Å². The molecule has 0 saturated carbocycles. The van der Waals surface area contributed by atoms with E-state index in [9.17, 15) is 0 Å². The molecule has 5 nitrogen and oxygen atoms in total. The molecule has 5 heteroatoms. The summed E-state index contributed by atoms with van der Waals surface area (Å²) in [5, 5.41) is 0. The maximum Gasteiger partial charge on any atom is 0.218 e. The Morgan fingerprint density at radius 1 is 1.32 bits per heavy atom. The predicted molar refractivity (Wildman–Crippen MR) is 78.1 cm³/mol. The third-order valence-corrected chi connectivity index (χ3v) is 2.70. The first-order chi connectivity index (χ1) is 8.82. The number of nitrogens with two attached hydrogens (primary N) is 1. The van der Waals surface area contributed by atoms with E-state index >= 15 is 0 Å². The number of nitrogen functional groups attached to an aromatic ring is 1. The number of nitrogens with one attached hydrogen (secondary N) is 1. The fourth-order valence-electron chi connectivity index (χ4n) is 1.58. The zero-order chi connectivity index (χ0) is 14.5. The zero-order valence-corrected chi connectivity index (χ0v) is 12.7. The molecule has 0 aromatic carbocycles. The Morgan fingerprint density at radius 2 is 2.00 bits per heavy atom. The molecular weight excluding hydrogens is 240 g/mol. The van der Waals surface area contributed by atoms with E-state index in [1.165, 1.54) is 0 Å². The molecule has 0 radical (unpaired) electrons. The van der Waals surface area contributed by atoms with Gasteiger partial charge in [0.2, 0.25) is 5.88 Å². The van der Waals surface area contributed by atoms with Crippen LogP contribution in [-0.4, -0.2) is 16.6 Å². The lowest BCUT2D eigenvalue weighted by Crippen LogP contribution is -2.19. The van der Waals surface area contributed by atoms with Gasteiger partial charge in [-0.15, -0.1) is 0 Å². The van der Waals surface area contributed by atoms with Crippen molar-refractivity contribution in [2.24, 2.45) is 11.8 Å².